The highest BCUT2D eigenvalue weighted by atomic mass is 127. The summed E-state index contributed by atoms with van der Waals surface area (Å²) in [5.41, 5.74) is 6.08. The molecule has 1 aromatic heterocycles. The van der Waals surface area contributed by atoms with Crippen molar-refractivity contribution in [1.82, 2.24) is 4.98 Å². The van der Waals surface area contributed by atoms with E-state index in [1.165, 1.54) is 0 Å². The molecule has 0 bridgehead atoms. The molecule has 0 spiro atoms. The third kappa shape index (κ3) is 4.78. The number of alkyl halides is 3. The number of hydrogen-bond acceptors (Lipinski definition) is 5. The molecule has 1 rings (SSSR count). The van der Waals surface area contributed by atoms with Gasteiger partial charge in [0.1, 0.15) is 0 Å². The van der Waals surface area contributed by atoms with Crippen molar-refractivity contribution in [3.05, 3.63) is 21.0 Å². The first-order valence-electron chi connectivity index (χ1n) is 5.56. The number of aromatic nitrogens is 1. The quantitative estimate of drug-likeness (QED) is 0.602. The molecule has 2 N–H and O–H groups in total. The summed E-state index contributed by atoms with van der Waals surface area (Å²) in [6.45, 7) is 1.81. The fourth-order valence-electron chi connectivity index (χ4n) is 1.45. The summed E-state index contributed by atoms with van der Waals surface area (Å²) in [6.07, 6.45) is -4.10. The van der Waals surface area contributed by atoms with Crippen LogP contribution in [0.4, 0.5) is 13.2 Å². The van der Waals surface area contributed by atoms with Gasteiger partial charge in [-0.05, 0) is 29.5 Å². The molecule has 0 saturated carbocycles. The normalized spacial score (nSPS) is 11.3. The Morgan fingerprint density at radius 1 is 1.50 bits per heavy atom. The maximum atomic E-state index is 12.2. The van der Waals surface area contributed by atoms with Gasteiger partial charge in [-0.2, -0.15) is 0 Å². The van der Waals surface area contributed by atoms with Gasteiger partial charge in [0.2, 0.25) is 0 Å². The van der Waals surface area contributed by atoms with Gasteiger partial charge in [-0.25, -0.2) is 0 Å². The van der Waals surface area contributed by atoms with Crippen LogP contribution in [-0.4, -0.2) is 23.9 Å². The highest BCUT2D eigenvalue weighted by Crippen LogP contribution is 2.30. The maximum absolute atomic E-state index is 12.2. The summed E-state index contributed by atoms with van der Waals surface area (Å²) >= 11 is 1.66. The van der Waals surface area contributed by atoms with E-state index in [2.05, 4.69) is 9.72 Å². The minimum Gasteiger partial charge on any atom is -0.466 e. The molecule has 0 aliphatic rings. The molecule has 0 atom stereocenters. The Morgan fingerprint density at radius 2 is 2.15 bits per heavy atom. The van der Waals surface area contributed by atoms with Gasteiger partial charge < -0.3 is 15.2 Å². The van der Waals surface area contributed by atoms with Crippen molar-refractivity contribution in [1.29, 1.82) is 0 Å². The van der Waals surface area contributed by atoms with E-state index in [-0.39, 0.29) is 28.7 Å². The van der Waals surface area contributed by atoms with Gasteiger partial charge in [-0.15, -0.1) is 13.2 Å². The Kier molecular flexibility index (Phi) is 5.99. The topological polar surface area (TPSA) is 74.4 Å². The Balaban J connectivity index is 3.12. The fourth-order valence-corrected chi connectivity index (χ4v) is 2.21. The number of esters is 1. The van der Waals surface area contributed by atoms with Crippen molar-refractivity contribution in [3.8, 4) is 5.75 Å². The first-order valence-corrected chi connectivity index (χ1v) is 6.64. The number of pyridine rings is 1. The molecular formula is C11H12F3IN2O3. The summed E-state index contributed by atoms with van der Waals surface area (Å²) in [7, 11) is 0. The van der Waals surface area contributed by atoms with Gasteiger partial charge >= 0.3 is 12.3 Å². The van der Waals surface area contributed by atoms with Gasteiger partial charge in [-0.1, -0.05) is 0 Å². The Labute approximate surface area is 126 Å². The average molecular weight is 404 g/mol. The van der Waals surface area contributed by atoms with Crippen molar-refractivity contribution < 1.29 is 27.4 Å². The molecule has 112 valence electrons. The summed E-state index contributed by atoms with van der Waals surface area (Å²) < 4.78 is 45.5. The molecular weight excluding hydrogens is 392 g/mol. The number of halogens is 4. The highest BCUT2D eigenvalue weighted by molar-refractivity contribution is 14.1. The minimum atomic E-state index is -4.83. The van der Waals surface area contributed by atoms with Crippen LogP contribution in [0, 0.1) is 3.57 Å². The Hall–Kier alpha value is -1.10. The summed E-state index contributed by atoms with van der Waals surface area (Å²) in [5.74, 6) is -1.03. The number of hydrogen-bond donors (Lipinski definition) is 1. The van der Waals surface area contributed by atoms with Gasteiger partial charge in [0.25, 0.3) is 0 Å². The lowest BCUT2D eigenvalue weighted by atomic mass is 10.1. The van der Waals surface area contributed by atoms with Crippen molar-refractivity contribution in [3.63, 3.8) is 0 Å². The van der Waals surface area contributed by atoms with Gasteiger partial charge in [-0.3, -0.25) is 9.78 Å². The molecule has 0 radical (unpaired) electrons. The lowest BCUT2D eigenvalue weighted by molar-refractivity contribution is -0.275. The number of ether oxygens (including phenoxy) is 2. The molecule has 9 heteroatoms. The zero-order valence-corrected chi connectivity index (χ0v) is 12.6. The van der Waals surface area contributed by atoms with E-state index in [0.29, 0.717) is 5.69 Å². The largest absolute Gasteiger partial charge is 0.573 e. The van der Waals surface area contributed by atoms with Crippen LogP contribution in [0.3, 0.4) is 0 Å². The van der Waals surface area contributed by atoms with Crippen molar-refractivity contribution in [2.75, 3.05) is 6.61 Å². The SMILES string of the molecule is CCOC(=O)Cc1c(CN)ncc(OC(F)(F)F)c1I. The molecule has 0 aliphatic carbocycles. The second-order valence-corrected chi connectivity index (χ2v) is 4.67. The van der Waals surface area contributed by atoms with Crippen LogP contribution in [0.1, 0.15) is 18.2 Å². The smallest absolute Gasteiger partial charge is 0.466 e. The van der Waals surface area contributed by atoms with Crippen LogP contribution in [0.25, 0.3) is 0 Å². The lowest BCUT2D eigenvalue weighted by Crippen LogP contribution is -2.20. The lowest BCUT2D eigenvalue weighted by Gasteiger charge is -2.15. The summed E-state index contributed by atoms with van der Waals surface area (Å²) in [6, 6.07) is 0. The second-order valence-electron chi connectivity index (χ2n) is 3.60. The fraction of sp³-hybridized carbons (Fsp3) is 0.455. The zero-order chi connectivity index (χ0) is 15.3. The van der Waals surface area contributed by atoms with Crippen molar-refractivity contribution in [2.45, 2.75) is 26.3 Å². The van der Waals surface area contributed by atoms with Crippen LogP contribution >= 0.6 is 22.6 Å². The minimum absolute atomic E-state index is 0.00294. The number of nitrogens with two attached hydrogens (primary N) is 1. The van der Waals surface area contributed by atoms with E-state index < -0.39 is 18.1 Å². The predicted molar refractivity (Wildman–Crippen MR) is 71.9 cm³/mol. The van der Waals surface area contributed by atoms with E-state index in [1.807, 2.05) is 0 Å². The molecule has 0 saturated heterocycles. The van der Waals surface area contributed by atoms with Crippen molar-refractivity contribution >= 4 is 28.6 Å². The third-order valence-electron chi connectivity index (χ3n) is 2.21. The Morgan fingerprint density at radius 3 is 2.65 bits per heavy atom. The van der Waals surface area contributed by atoms with Crippen LogP contribution in [-0.2, 0) is 22.5 Å². The highest BCUT2D eigenvalue weighted by Gasteiger charge is 2.33. The molecule has 0 unspecified atom stereocenters. The van der Waals surface area contributed by atoms with E-state index in [1.54, 1.807) is 29.5 Å². The third-order valence-corrected chi connectivity index (χ3v) is 3.40. The number of rotatable bonds is 5. The summed E-state index contributed by atoms with van der Waals surface area (Å²) in [4.78, 5) is 15.3. The average Bonchev–Trinajstić information content (AvgIpc) is 2.33. The van der Waals surface area contributed by atoms with E-state index in [4.69, 9.17) is 10.5 Å². The molecule has 0 fully saturated rings. The second kappa shape index (κ2) is 7.07. The molecule has 1 heterocycles. The summed E-state index contributed by atoms with van der Waals surface area (Å²) in [5, 5.41) is 0. The van der Waals surface area contributed by atoms with E-state index in [0.717, 1.165) is 6.20 Å². The first-order chi connectivity index (χ1) is 9.28. The molecule has 0 aromatic carbocycles. The molecule has 20 heavy (non-hydrogen) atoms. The van der Waals surface area contributed by atoms with Crippen LogP contribution in [0.5, 0.6) is 5.75 Å². The maximum Gasteiger partial charge on any atom is 0.573 e. The van der Waals surface area contributed by atoms with Crippen LogP contribution in [0.15, 0.2) is 6.20 Å². The molecule has 1 aromatic rings. The number of nitrogens with zero attached hydrogens (tertiary/aromatic N) is 1. The Bertz CT molecular complexity index is 495. The predicted octanol–water partition coefficient (Wildman–Crippen LogP) is 2.15. The van der Waals surface area contributed by atoms with E-state index in [9.17, 15) is 18.0 Å². The molecule has 0 aliphatic heterocycles. The standard InChI is InChI=1S/C11H12F3IN2O3/c1-2-19-9(18)3-6-7(4-16)17-5-8(10(6)15)20-11(12,13)14/h5H,2-4,16H2,1H3. The van der Waals surface area contributed by atoms with Crippen molar-refractivity contribution in [2.24, 2.45) is 5.73 Å². The van der Waals surface area contributed by atoms with E-state index >= 15 is 0 Å². The number of carbonyl (C=O) groups excluding carboxylic acids is 1. The van der Waals surface area contributed by atoms with Gasteiger partial charge in [0.05, 0.1) is 28.5 Å². The molecule has 0 amide bonds. The molecule has 5 nitrogen and oxygen atoms in total. The van der Waals surface area contributed by atoms with Crippen LogP contribution < -0.4 is 10.5 Å². The number of carbonyl (C=O) groups is 1. The van der Waals surface area contributed by atoms with Crippen LogP contribution in [0.2, 0.25) is 0 Å². The first kappa shape index (κ1) is 17.0. The van der Waals surface area contributed by atoms with Gasteiger partial charge in [0, 0.05) is 12.1 Å². The monoisotopic (exact) mass is 404 g/mol. The van der Waals surface area contributed by atoms with Gasteiger partial charge in [0.15, 0.2) is 5.75 Å². The zero-order valence-electron chi connectivity index (χ0n) is 10.5.